The number of benzene rings is 3. The Labute approximate surface area is 267 Å². The second-order valence-corrected chi connectivity index (χ2v) is 11.3. The molecule has 3 amide bonds. The first kappa shape index (κ1) is 31.7. The number of aliphatic hydroxyl groups is 1. The van der Waals surface area contributed by atoms with E-state index < -0.39 is 6.10 Å². The number of H-pyrrole nitrogens is 1. The molecular formula is C35H36ClN5O4. The third-order valence-corrected chi connectivity index (χ3v) is 8.08. The lowest BCUT2D eigenvalue weighted by atomic mass is 9.97. The Morgan fingerprint density at radius 3 is 2.40 bits per heavy atom. The van der Waals surface area contributed by atoms with Crippen LogP contribution in [0.2, 0.25) is 5.02 Å². The van der Waals surface area contributed by atoms with Gasteiger partial charge < -0.3 is 30.9 Å². The van der Waals surface area contributed by atoms with Crippen molar-refractivity contribution in [1.82, 2.24) is 15.2 Å². The van der Waals surface area contributed by atoms with Crippen molar-refractivity contribution in [3.8, 4) is 11.1 Å². The Morgan fingerprint density at radius 1 is 1.00 bits per heavy atom. The zero-order valence-corrected chi connectivity index (χ0v) is 26.2. The van der Waals surface area contributed by atoms with Crippen LogP contribution in [-0.4, -0.2) is 65.0 Å². The molecule has 4 aromatic rings. The minimum absolute atomic E-state index is 0.0834. The molecule has 232 valence electrons. The summed E-state index contributed by atoms with van der Waals surface area (Å²) in [6.45, 7) is 7.96. The summed E-state index contributed by atoms with van der Waals surface area (Å²) >= 11 is 6.18. The molecule has 0 bridgehead atoms. The van der Waals surface area contributed by atoms with E-state index in [0.29, 0.717) is 62.2 Å². The summed E-state index contributed by atoms with van der Waals surface area (Å²) in [5, 5.41) is 19.7. The first-order valence-corrected chi connectivity index (χ1v) is 15.3. The fraction of sp³-hybridized carbons (Fsp3) is 0.229. The van der Waals surface area contributed by atoms with Crippen LogP contribution in [0.15, 0.2) is 72.8 Å². The summed E-state index contributed by atoms with van der Waals surface area (Å²) in [6, 6.07) is 21.3. The van der Waals surface area contributed by atoms with Crippen molar-refractivity contribution in [2.45, 2.75) is 26.9 Å². The third-order valence-electron chi connectivity index (χ3n) is 7.82. The number of nitrogens with one attached hydrogen (secondary N) is 4. The fourth-order valence-electron chi connectivity index (χ4n) is 5.44. The molecular weight excluding hydrogens is 590 g/mol. The number of fused-ring (bicyclic) bond motifs is 1. The molecule has 5 N–H and O–H groups in total. The number of aliphatic hydroxyl groups excluding tert-OH is 1. The molecule has 1 unspecified atom stereocenters. The highest BCUT2D eigenvalue weighted by Crippen LogP contribution is 2.38. The Hall–Kier alpha value is -4.70. The molecule has 1 aliphatic rings. The number of amides is 3. The van der Waals surface area contributed by atoms with Crippen LogP contribution in [0.25, 0.3) is 22.8 Å². The number of para-hydroxylation sites is 1. The maximum atomic E-state index is 13.6. The van der Waals surface area contributed by atoms with Gasteiger partial charge in [-0.05, 0) is 74.1 Å². The molecule has 0 saturated heterocycles. The standard InChI is InChI=1S/C35H36ClN5O4/c1-4-41(5-2)20-26(42)19-37-35(45)31-21(3)38-30(32(31)22-11-14-24(36)15-12-22)18-28-27-17-23(13-16-29(27)40-34(28)44)33(43)39-25-9-7-6-8-10-25/h6-18,26,38,42H,4-5,19-20H2,1-3H3,(H,37,45)(H,39,43)(H,40,44)/b28-18-. The van der Waals surface area contributed by atoms with E-state index in [1.165, 1.54) is 0 Å². The number of rotatable bonds is 11. The summed E-state index contributed by atoms with van der Waals surface area (Å²) in [6.07, 6.45) is 0.962. The van der Waals surface area contributed by atoms with E-state index >= 15 is 0 Å². The highest BCUT2D eigenvalue weighted by Gasteiger charge is 2.28. The summed E-state index contributed by atoms with van der Waals surface area (Å²) in [5.41, 5.74) is 5.40. The summed E-state index contributed by atoms with van der Waals surface area (Å²) in [4.78, 5) is 45.2. The maximum Gasteiger partial charge on any atom is 0.256 e. The summed E-state index contributed by atoms with van der Waals surface area (Å²) < 4.78 is 0. The number of likely N-dealkylation sites (N-methyl/N-ethyl adjacent to an activating group) is 1. The van der Waals surface area contributed by atoms with Crippen molar-refractivity contribution in [3.63, 3.8) is 0 Å². The number of hydrogen-bond acceptors (Lipinski definition) is 5. The summed E-state index contributed by atoms with van der Waals surface area (Å²) in [7, 11) is 0. The number of carbonyl (C=O) groups is 3. The molecule has 0 fully saturated rings. The predicted molar refractivity (Wildman–Crippen MR) is 179 cm³/mol. The normalized spacial score (nSPS) is 13.9. The lowest BCUT2D eigenvalue weighted by molar-refractivity contribution is -0.110. The monoisotopic (exact) mass is 625 g/mol. The Kier molecular flexibility index (Phi) is 9.83. The largest absolute Gasteiger partial charge is 0.390 e. The number of anilines is 2. The molecule has 5 rings (SSSR count). The van der Waals surface area contributed by atoms with Gasteiger partial charge in [-0.25, -0.2) is 0 Å². The molecule has 1 atom stereocenters. The first-order chi connectivity index (χ1) is 21.7. The zero-order valence-electron chi connectivity index (χ0n) is 25.4. The van der Waals surface area contributed by atoms with E-state index in [4.69, 9.17) is 11.6 Å². The first-order valence-electron chi connectivity index (χ1n) is 14.9. The van der Waals surface area contributed by atoms with Crippen LogP contribution in [0, 0.1) is 6.92 Å². The molecule has 1 aliphatic heterocycles. The van der Waals surface area contributed by atoms with E-state index in [-0.39, 0.29) is 24.3 Å². The van der Waals surface area contributed by atoms with Crippen LogP contribution in [-0.2, 0) is 4.79 Å². The zero-order chi connectivity index (χ0) is 32.1. The van der Waals surface area contributed by atoms with Crippen molar-refractivity contribution in [3.05, 3.63) is 106 Å². The number of aryl methyl sites for hydroxylation is 1. The van der Waals surface area contributed by atoms with Gasteiger partial charge in [0.15, 0.2) is 0 Å². The van der Waals surface area contributed by atoms with Crippen LogP contribution in [0.4, 0.5) is 11.4 Å². The summed E-state index contributed by atoms with van der Waals surface area (Å²) in [5.74, 6) is -0.985. The van der Waals surface area contributed by atoms with Crippen molar-refractivity contribution >= 4 is 52.3 Å². The Bertz CT molecular complexity index is 1740. The van der Waals surface area contributed by atoms with Crippen LogP contribution < -0.4 is 16.0 Å². The highest BCUT2D eigenvalue weighted by molar-refractivity contribution is 6.35. The molecule has 2 heterocycles. The lowest BCUT2D eigenvalue weighted by Gasteiger charge is -2.22. The van der Waals surface area contributed by atoms with Gasteiger partial charge in [-0.3, -0.25) is 14.4 Å². The molecule has 10 heteroatoms. The van der Waals surface area contributed by atoms with E-state index in [9.17, 15) is 19.5 Å². The predicted octanol–water partition coefficient (Wildman–Crippen LogP) is 5.82. The number of aromatic amines is 1. The van der Waals surface area contributed by atoms with Crippen molar-refractivity contribution < 1.29 is 19.5 Å². The molecule has 3 aromatic carbocycles. The topological polar surface area (TPSA) is 127 Å². The van der Waals surface area contributed by atoms with Gasteiger partial charge in [0, 0.05) is 57.6 Å². The molecule has 9 nitrogen and oxygen atoms in total. The minimum atomic E-state index is -0.736. The Balaban J connectivity index is 1.50. The van der Waals surface area contributed by atoms with Gasteiger partial charge in [0.05, 0.1) is 17.2 Å². The van der Waals surface area contributed by atoms with Gasteiger partial charge in [-0.2, -0.15) is 0 Å². The molecule has 1 aromatic heterocycles. The van der Waals surface area contributed by atoms with Gasteiger partial charge in [-0.15, -0.1) is 0 Å². The van der Waals surface area contributed by atoms with Crippen LogP contribution >= 0.6 is 11.6 Å². The molecule has 0 aliphatic carbocycles. The van der Waals surface area contributed by atoms with Crippen molar-refractivity contribution in [2.24, 2.45) is 0 Å². The third kappa shape index (κ3) is 7.17. The second kappa shape index (κ2) is 13.9. The van der Waals surface area contributed by atoms with Gasteiger partial charge in [-0.1, -0.05) is 55.8 Å². The fourth-order valence-corrected chi connectivity index (χ4v) is 5.57. The number of aromatic nitrogens is 1. The number of halogens is 1. The second-order valence-electron chi connectivity index (χ2n) is 10.9. The lowest BCUT2D eigenvalue weighted by Crippen LogP contribution is -2.40. The number of hydrogen-bond donors (Lipinski definition) is 5. The quantitative estimate of drug-likeness (QED) is 0.134. The van der Waals surface area contributed by atoms with Gasteiger partial charge >= 0.3 is 0 Å². The van der Waals surface area contributed by atoms with E-state index in [2.05, 4.69) is 25.8 Å². The van der Waals surface area contributed by atoms with E-state index in [1.54, 1.807) is 55.5 Å². The van der Waals surface area contributed by atoms with Gasteiger partial charge in [0.1, 0.15) is 0 Å². The average Bonchev–Trinajstić information content (AvgIpc) is 3.54. The number of nitrogens with zero attached hydrogens (tertiary/aromatic N) is 1. The van der Waals surface area contributed by atoms with E-state index in [0.717, 1.165) is 18.7 Å². The van der Waals surface area contributed by atoms with Crippen LogP contribution in [0.1, 0.15) is 51.5 Å². The Morgan fingerprint density at radius 2 is 1.71 bits per heavy atom. The van der Waals surface area contributed by atoms with E-state index in [1.807, 2.05) is 44.2 Å². The smallest absolute Gasteiger partial charge is 0.256 e. The minimum Gasteiger partial charge on any atom is -0.390 e. The van der Waals surface area contributed by atoms with Gasteiger partial charge in [0.2, 0.25) is 0 Å². The molecule has 45 heavy (non-hydrogen) atoms. The van der Waals surface area contributed by atoms with Crippen LogP contribution in [0.3, 0.4) is 0 Å². The SMILES string of the molecule is CCN(CC)CC(O)CNC(=O)c1c(C)[nH]c(/C=C2\C(=O)Nc3ccc(C(=O)Nc4ccccc4)cc32)c1-c1ccc(Cl)cc1. The molecule has 0 spiro atoms. The van der Waals surface area contributed by atoms with Crippen molar-refractivity contribution in [2.75, 3.05) is 36.8 Å². The highest BCUT2D eigenvalue weighted by atomic mass is 35.5. The maximum absolute atomic E-state index is 13.6. The van der Waals surface area contributed by atoms with Crippen LogP contribution in [0.5, 0.6) is 0 Å². The molecule has 0 radical (unpaired) electrons. The van der Waals surface area contributed by atoms with Crippen molar-refractivity contribution in [1.29, 1.82) is 0 Å². The number of carbonyl (C=O) groups excluding carboxylic acids is 3. The average molecular weight is 626 g/mol. The van der Waals surface area contributed by atoms with Gasteiger partial charge in [0.25, 0.3) is 17.7 Å². The molecule has 0 saturated carbocycles.